The molecule has 1 aromatic carbocycles. The Hall–Kier alpha value is -2.11. The molecule has 1 heterocycles. The minimum absolute atomic E-state index is 0.0120. The van der Waals surface area contributed by atoms with Crippen molar-refractivity contribution in [3.8, 4) is 0 Å². The predicted octanol–water partition coefficient (Wildman–Crippen LogP) is 2.71. The highest BCUT2D eigenvalue weighted by atomic mass is 19.1. The Morgan fingerprint density at radius 3 is 2.67 bits per heavy atom. The first-order chi connectivity index (χ1) is 11.5. The molecule has 2 unspecified atom stereocenters. The highest BCUT2D eigenvalue weighted by molar-refractivity contribution is 5.94. The zero-order valence-electron chi connectivity index (χ0n) is 14.7. The zero-order chi connectivity index (χ0) is 17.5. The minimum atomic E-state index is -0.374. The molecule has 1 aliphatic heterocycles. The first-order valence-electron chi connectivity index (χ1n) is 8.56. The van der Waals surface area contributed by atoms with E-state index in [-0.39, 0.29) is 18.3 Å². The van der Waals surface area contributed by atoms with Crippen LogP contribution in [0.25, 0.3) is 0 Å². The number of carbonyl (C=O) groups is 1. The fraction of sp³-hybridized carbons (Fsp3) is 0.556. The summed E-state index contributed by atoms with van der Waals surface area (Å²) in [7, 11) is 0. The third-order valence-electron chi connectivity index (χ3n) is 3.98. The second kappa shape index (κ2) is 8.66. The van der Waals surface area contributed by atoms with Crippen molar-refractivity contribution in [3.05, 3.63) is 30.1 Å². The van der Waals surface area contributed by atoms with Gasteiger partial charge in [0.25, 0.3) is 0 Å². The second-order valence-corrected chi connectivity index (χ2v) is 6.58. The monoisotopic (exact) mass is 334 g/mol. The maximum Gasteiger partial charge on any atom is 0.246 e. The van der Waals surface area contributed by atoms with Gasteiger partial charge in [-0.3, -0.25) is 4.79 Å². The zero-order valence-corrected chi connectivity index (χ0v) is 14.7. The van der Waals surface area contributed by atoms with Crippen molar-refractivity contribution in [2.45, 2.75) is 27.2 Å². The maximum absolute atomic E-state index is 13.2. The normalized spacial score (nSPS) is 21.5. The van der Waals surface area contributed by atoms with E-state index in [1.54, 1.807) is 12.1 Å². The largest absolute Gasteiger partial charge is 0.357 e. The molecule has 6 heteroatoms. The summed E-state index contributed by atoms with van der Waals surface area (Å²) >= 11 is 0. The lowest BCUT2D eigenvalue weighted by molar-refractivity contribution is -0.114. The van der Waals surface area contributed by atoms with E-state index < -0.39 is 0 Å². The van der Waals surface area contributed by atoms with Gasteiger partial charge in [-0.25, -0.2) is 9.38 Å². The van der Waals surface area contributed by atoms with Crippen molar-refractivity contribution < 1.29 is 9.18 Å². The quantitative estimate of drug-likeness (QED) is 0.657. The lowest BCUT2D eigenvalue weighted by Crippen LogP contribution is -2.48. The number of rotatable bonds is 4. The molecule has 1 saturated heterocycles. The van der Waals surface area contributed by atoms with Gasteiger partial charge in [0, 0.05) is 25.3 Å². The SMILES string of the molecule is CCNC(=NCC(=O)Nc1cccc(F)c1)N1CC(C)CC(C)C1. The molecule has 132 valence electrons. The molecule has 2 rings (SSSR count). The van der Waals surface area contributed by atoms with Crippen LogP contribution in [0.4, 0.5) is 10.1 Å². The van der Waals surface area contributed by atoms with Gasteiger partial charge in [-0.2, -0.15) is 0 Å². The van der Waals surface area contributed by atoms with E-state index in [0.29, 0.717) is 17.5 Å². The minimum Gasteiger partial charge on any atom is -0.357 e. The molecule has 0 radical (unpaired) electrons. The first kappa shape index (κ1) is 18.2. The van der Waals surface area contributed by atoms with Gasteiger partial charge in [-0.15, -0.1) is 0 Å². The number of aliphatic imine (C=N–C) groups is 1. The average Bonchev–Trinajstić information content (AvgIpc) is 2.50. The second-order valence-electron chi connectivity index (χ2n) is 6.58. The number of hydrogen-bond donors (Lipinski definition) is 2. The number of piperidine rings is 1. The molecule has 0 bridgehead atoms. The highest BCUT2D eigenvalue weighted by Crippen LogP contribution is 2.20. The first-order valence-corrected chi connectivity index (χ1v) is 8.56. The summed E-state index contributed by atoms with van der Waals surface area (Å²) in [5.74, 6) is 1.36. The summed E-state index contributed by atoms with van der Waals surface area (Å²) in [6.07, 6.45) is 1.22. The summed E-state index contributed by atoms with van der Waals surface area (Å²) in [4.78, 5) is 18.7. The molecule has 1 amide bonds. The van der Waals surface area contributed by atoms with E-state index in [1.165, 1.54) is 18.6 Å². The molecule has 1 fully saturated rings. The molecular formula is C18H27FN4O. The molecule has 1 aliphatic rings. The van der Waals surface area contributed by atoms with E-state index in [2.05, 4.69) is 34.4 Å². The van der Waals surface area contributed by atoms with Gasteiger partial charge in [-0.05, 0) is 43.4 Å². The van der Waals surface area contributed by atoms with E-state index in [4.69, 9.17) is 0 Å². The molecule has 24 heavy (non-hydrogen) atoms. The van der Waals surface area contributed by atoms with Crippen molar-refractivity contribution in [3.63, 3.8) is 0 Å². The van der Waals surface area contributed by atoms with E-state index in [9.17, 15) is 9.18 Å². The fourth-order valence-electron chi connectivity index (χ4n) is 3.18. The Morgan fingerprint density at radius 1 is 1.33 bits per heavy atom. The number of carbonyl (C=O) groups excluding carboxylic acids is 1. The lowest BCUT2D eigenvalue weighted by atomic mass is 9.92. The number of guanidine groups is 1. The molecule has 5 nitrogen and oxygen atoms in total. The Balaban J connectivity index is 1.98. The molecule has 2 N–H and O–H groups in total. The molecule has 1 aromatic rings. The number of amides is 1. The van der Waals surface area contributed by atoms with Crippen LogP contribution in [0.15, 0.2) is 29.3 Å². The Morgan fingerprint density at radius 2 is 2.04 bits per heavy atom. The molecule has 0 spiro atoms. The molecular weight excluding hydrogens is 307 g/mol. The summed E-state index contributed by atoms with van der Waals surface area (Å²) in [5.41, 5.74) is 0.445. The van der Waals surface area contributed by atoms with Crippen LogP contribution in [-0.4, -0.2) is 42.9 Å². The molecule has 0 aromatic heterocycles. The molecule has 0 aliphatic carbocycles. The van der Waals surface area contributed by atoms with Gasteiger partial charge in [0.15, 0.2) is 5.96 Å². The Bertz CT molecular complexity index is 580. The molecule has 2 atom stereocenters. The van der Waals surface area contributed by atoms with Gasteiger partial charge in [0.2, 0.25) is 5.91 Å². The third-order valence-corrected chi connectivity index (χ3v) is 3.98. The van der Waals surface area contributed by atoms with Crippen LogP contribution in [-0.2, 0) is 4.79 Å². The summed E-state index contributed by atoms with van der Waals surface area (Å²) in [6, 6.07) is 5.86. The van der Waals surface area contributed by atoms with Crippen molar-refractivity contribution in [2.75, 3.05) is 31.5 Å². The van der Waals surface area contributed by atoms with Crippen LogP contribution in [0.2, 0.25) is 0 Å². The third kappa shape index (κ3) is 5.51. The standard InChI is InChI=1S/C18H27FN4O/c1-4-20-18(23-11-13(2)8-14(3)12-23)21-10-17(24)22-16-7-5-6-15(19)9-16/h5-7,9,13-14H,4,8,10-12H2,1-3H3,(H,20,21)(H,22,24). The Kier molecular flexibility index (Phi) is 6.58. The van der Waals surface area contributed by atoms with Crippen LogP contribution >= 0.6 is 0 Å². The summed E-state index contributed by atoms with van der Waals surface area (Å²) < 4.78 is 13.2. The van der Waals surface area contributed by atoms with E-state index in [0.717, 1.165) is 25.6 Å². The summed E-state index contributed by atoms with van der Waals surface area (Å²) in [6.45, 7) is 9.15. The number of nitrogens with zero attached hydrogens (tertiary/aromatic N) is 2. The number of nitrogens with one attached hydrogen (secondary N) is 2. The van der Waals surface area contributed by atoms with Gasteiger partial charge in [-0.1, -0.05) is 19.9 Å². The lowest BCUT2D eigenvalue weighted by Gasteiger charge is -2.37. The average molecular weight is 334 g/mol. The topological polar surface area (TPSA) is 56.7 Å². The van der Waals surface area contributed by atoms with Crippen LogP contribution in [0.5, 0.6) is 0 Å². The predicted molar refractivity (Wildman–Crippen MR) is 95.5 cm³/mol. The van der Waals surface area contributed by atoms with Crippen molar-refractivity contribution in [1.82, 2.24) is 10.2 Å². The molecule has 0 saturated carbocycles. The fourth-order valence-corrected chi connectivity index (χ4v) is 3.18. The van der Waals surface area contributed by atoms with Crippen LogP contribution < -0.4 is 10.6 Å². The van der Waals surface area contributed by atoms with Crippen molar-refractivity contribution in [1.29, 1.82) is 0 Å². The van der Waals surface area contributed by atoms with Gasteiger partial charge < -0.3 is 15.5 Å². The van der Waals surface area contributed by atoms with E-state index >= 15 is 0 Å². The number of hydrogen-bond acceptors (Lipinski definition) is 2. The number of benzene rings is 1. The highest BCUT2D eigenvalue weighted by Gasteiger charge is 2.24. The number of anilines is 1. The summed E-state index contributed by atoms with van der Waals surface area (Å²) in [5, 5.41) is 5.93. The van der Waals surface area contributed by atoms with Crippen molar-refractivity contribution >= 4 is 17.6 Å². The number of likely N-dealkylation sites (tertiary alicyclic amines) is 1. The van der Waals surface area contributed by atoms with Crippen LogP contribution in [0, 0.1) is 17.7 Å². The maximum atomic E-state index is 13.2. The van der Waals surface area contributed by atoms with Gasteiger partial charge >= 0.3 is 0 Å². The Labute approximate surface area is 143 Å². The smallest absolute Gasteiger partial charge is 0.246 e. The van der Waals surface area contributed by atoms with Crippen LogP contribution in [0.1, 0.15) is 27.2 Å². The van der Waals surface area contributed by atoms with Crippen LogP contribution in [0.3, 0.4) is 0 Å². The van der Waals surface area contributed by atoms with Gasteiger partial charge in [0.05, 0.1) is 0 Å². The van der Waals surface area contributed by atoms with Crippen molar-refractivity contribution in [2.24, 2.45) is 16.8 Å². The number of halogens is 1. The van der Waals surface area contributed by atoms with Gasteiger partial charge in [0.1, 0.15) is 12.4 Å². The van der Waals surface area contributed by atoms with E-state index in [1.807, 2.05) is 6.92 Å².